The fourth-order valence-electron chi connectivity index (χ4n) is 3.75. The van der Waals surface area contributed by atoms with E-state index in [2.05, 4.69) is 17.1 Å². The van der Waals surface area contributed by atoms with Gasteiger partial charge < -0.3 is 23.8 Å². The van der Waals surface area contributed by atoms with E-state index in [1.807, 2.05) is 43.4 Å². The highest BCUT2D eigenvalue weighted by Crippen LogP contribution is 2.33. The van der Waals surface area contributed by atoms with Crippen molar-refractivity contribution in [1.82, 2.24) is 15.0 Å². The zero-order valence-corrected chi connectivity index (χ0v) is 16.9. The second kappa shape index (κ2) is 8.13. The molecule has 0 saturated carbocycles. The third-order valence-electron chi connectivity index (χ3n) is 5.45. The summed E-state index contributed by atoms with van der Waals surface area (Å²) in [7, 11) is 5.53. The van der Waals surface area contributed by atoms with Gasteiger partial charge in [0.25, 0.3) is 5.91 Å². The predicted octanol–water partition coefficient (Wildman–Crippen LogP) is 3.19. The van der Waals surface area contributed by atoms with E-state index in [1.165, 1.54) is 0 Å². The minimum atomic E-state index is -0.129. The SMILES string of the molecule is COc1ccc(OCc2cc(C(=O)N(C)[C@H]3CCN(C)C3)no2)c2ccccc12. The monoisotopic (exact) mass is 395 g/mol. The molecule has 7 nitrogen and oxygen atoms in total. The Morgan fingerprint density at radius 3 is 2.66 bits per heavy atom. The molecule has 0 N–H and O–H groups in total. The van der Waals surface area contributed by atoms with Crippen LogP contribution in [0.4, 0.5) is 0 Å². The van der Waals surface area contributed by atoms with E-state index in [9.17, 15) is 4.79 Å². The molecular formula is C22H25N3O4. The van der Waals surface area contributed by atoms with Crippen LogP contribution in [0.1, 0.15) is 22.7 Å². The number of ether oxygens (including phenoxy) is 2. The van der Waals surface area contributed by atoms with Crippen molar-refractivity contribution in [2.75, 3.05) is 34.3 Å². The zero-order valence-electron chi connectivity index (χ0n) is 16.9. The Balaban J connectivity index is 1.45. The van der Waals surface area contributed by atoms with Crippen molar-refractivity contribution in [1.29, 1.82) is 0 Å². The van der Waals surface area contributed by atoms with Gasteiger partial charge in [0.1, 0.15) is 18.1 Å². The Hall–Kier alpha value is -3.06. The van der Waals surface area contributed by atoms with E-state index in [4.69, 9.17) is 14.0 Å². The normalized spacial score (nSPS) is 16.9. The predicted molar refractivity (Wildman–Crippen MR) is 109 cm³/mol. The van der Waals surface area contributed by atoms with Crippen LogP contribution < -0.4 is 9.47 Å². The van der Waals surface area contributed by atoms with E-state index in [-0.39, 0.29) is 18.6 Å². The van der Waals surface area contributed by atoms with Gasteiger partial charge in [-0.05, 0) is 32.1 Å². The van der Waals surface area contributed by atoms with Crippen molar-refractivity contribution in [2.24, 2.45) is 0 Å². The maximum Gasteiger partial charge on any atom is 0.276 e. The maximum atomic E-state index is 12.7. The molecule has 0 spiro atoms. The van der Waals surface area contributed by atoms with Crippen molar-refractivity contribution in [3.05, 3.63) is 53.9 Å². The Morgan fingerprint density at radius 1 is 1.24 bits per heavy atom. The molecule has 1 amide bonds. The highest BCUT2D eigenvalue weighted by Gasteiger charge is 2.28. The molecular weight excluding hydrogens is 370 g/mol. The molecule has 2 aromatic carbocycles. The first-order valence-corrected chi connectivity index (χ1v) is 9.66. The lowest BCUT2D eigenvalue weighted by molar-refractivity contribution is 0.0727. The van der Waals surface area contributed by atoms with Gasteiger partial charge in [0.2, 0.25) is 0 Å². The highest BCUT2D eigenvalue weighted by molar-refractivity contribution is 5.93. The number of methoxy groups -OCH3 is 1. The summed E-state index contributed by atoms with van der Waals surface area (Å²) in [6.45, 7) is 2.06. The molecule has 3 aromatic rings. The molecule has 1 aromatic heterocycles. The molecule has 1 aliphatic rings. The van der Waals surface area contributed by atoms with Gasteiger partial charge in [0.05, 0.1) is 7.11 Å². The van der Waals surface area contributed by atoms with Crippen LogP contribution in [0.3, 0.4) is 0 Å². The largest absolute Gasteiger partial charge is 0.496 e. The number of likely N-dealkylation sites (tertiary alicyclic amines) is 1. The average molecular weight is 395 g/mol. The lowest BCUT2D eigenvalue weighted by Gasteiger charge is -2.23. The Labute approximate surface area is 169 Å². The Kier molecular flexibility index (Phi) is 5.40. The van der Waals surface area contributed by atoms with Crippen molar-refractivity contribution < 1.29 is 18.8 Å². The maximum absolute atomic E-state index is 12.7. The number of aromatic nitrogens is 1. The molecule has 1 atom stereocenters. The van der Waals surface area contributed by atoms with Crippen LogP contribution in [-0.4, -0.2) is 61.2 Å². The van der Waals surface area contributed by atoms with E-state index in [0.717, 1.165) is 41.8 Å². The van der Waals surface area contributed by atoms with E-state index in [0.29, 0.717) is 11.5 Å². The Bertz CT molecular complexity index is 1020. The Morgan fingerprint density at radius 2 is 1.97 bits per heavy atom. The van der Waals surface area contributed by atoms with Crippen molar-refractivity contribution in [3.63, 3.8) is 0 Å². The standard InChI is InChI=1S/C22H25N3O4/c1-24-11-10-15(13-24)25(2)22(26)19-12-16(29-23-19)14-28-21-9-8-20(27-3)17-6-4-5-7-18(17)21/h4-9,12,15H,10-11,13-14H2,1-3H3/t15-/m0/s1. The number of carbonyl (C=O) groups is 1. The van der Waals surface area contributed by atoms with Gasteiger partial charge >= 0.3 is 0 Å². The van der Waals surface area contributed by atoms with Gasteiger partial charge in [0.15, 0.2) is 11.5 Å². The third kappa shape index (κ3) is 3.91. The number of carbonyl (C=O) groups excluding carboxylic acids is 1. The van der Waals surface area contributed by atoms with Crippen molar-refractivity contribution >= 4 is 16.7 Å². The molecule has 7 heteroatoms. The van der Waals surface area contributed by atoms with Gasteiger partial charge in [-0.2, -0.15) is 0 Å². The van der Waals surface area contributed by atoms with Crippen LogP contribution in [-0.2, 0) is 6.61 Å². The molecule has 2 heterocycles. The van der Waals surface area contributed by atoms with Crippen LogP contribution in [0, 0.1) is 0 Å². The van der Waals surface area contributed by atoms with E-state index < -0.39 is 0 Å². The summed E-state index contributed by atoms with van der Waals surface area (Å²) in [6.07, 6.45) is 0.969. The number of rotatable bonds is 6. The minimum absolute atomic E-state index is 0.129. The van der Waals surface area contributed by atoms with Gasteiger partial charge in [-0.3, -0.25) is 4.79 Å². The van der Waals surface area contributed by atoms with Crippen LogP contribution in [0.15, 0.2) is 47.0 Å². The smallest absolute Gasteiger partial charge is 0.276 e. The molecule has 1 saturated heterocycles. The number of likely N-dealkylation sites (N-methyl/N-ethyl adjacent to an activating group) is 2. The molecule has 152 valence electrons. The van der Waals surface area contributed by atoms with Crippen molar-refractivity contribution in [2.45, 2.75) is 19.1 Å². The van der Waals surface area contributed by atoms with Gasteiger partial charge in [0, 0.05) is 36.5 Å². The second-order valence-electron chi connectivity index (χ2n) is 7.40. The van der Waals surface area contributed by atoms with Crippen molar-refractivity contribution in [3.8, 4) is 11.5 Å². The fraction of sp³-hybridized carbons (Fsp3) is 0.364. The molecule has 0 radical (unpaired) electrons. The highest BCUT2D eigenvalue weighted by atomic mass is 16.5. The molecule has 0 aliphatic carbocycles. The number of fused-ring (bicyclic) bond motifs is 1. The van der Waals surface area contributed by atoms with E-state index in [1.54, 1.807) is 18.1 Å². The summed E-state index contributed by atoms with van der Waals surface area (Å²) in [4.78, 5) is 16.7. The number of benzene rings is 2. The fourth-order valence-corrected chi connectivity index (χ4v) is 3.75. The average Bonchev–Trinajstić information content (AvgIpc) is 3.40. The number of nitrogens with zero attached hydrogens (tertiary/aromatic N) is 3. The third-order valence-corrected chi connectivity index (χ3v) is 5.45. The van der Waals surface area contributed by atoms with Crippen LogP contribution >= 0.6 is 0 Å². The number of hydrogen-bond donors (Lipinski definition) is 0. The van der Waals surface area contributed by atoms with Crippen LogP contribution in [0.2, 0.25) is 0 Å². The quantitative estimate of drug-likeness (QED) is 0.639. The summed E-state index contributed by atoms with van der Waals surface area (Å²) in [5, 5.41) is 5.88. The summed E-state index contributed by atoms with van der Waals surface area (Å²) in [6, 6.07) is 13.5. The first kappa shape index (κ1) is 19.3. The van der Waals surface area contributed by atoms with Crippen LogP contribution in [0.25, 0.3) is 10.8 Å². The first-order valence-electron chi connectivity index (χ1n) is 9.66. The number of hydrogen-bond acceptors (Lipinski definition) is 6. The van der Waals surface area contributed by atoms with Gasteiger partial charge in [-0.15, -0.1) is 0 Å². The molecule has 1 aliphatic heterocycles. The molecule has 1 fully saturated rings. The lowest BCUT2D eigenvalue weighted by atomic mass is 10.1. The lowest BCUT2D eigenvalue weighted by Crippen LogP contribution is -2.38. The van der Waals surface area contributed by atoms with Gasteiger partial charge in [-0.25, -0.2) is 0 Å². The molecule has 29 heavy (non-hydrogen) atoms. The molecule has 4 rings (SSSR count). The minimum Gasteiger partial charge on any atom is -0.496 e. The van der Waals surface area contributed by atoms with Crippen LogP contribution in [0.5, 0.6) is 11.5 Å². The molecule has 0 bridgehead atoms. The second-order valence-corrected chi connectivity index (χ2v) is 7.40. The summed E-state index contributed by atoms with van der Waals surface area (Å²) in [5.41, 5.74) is 0.306. The number of amides is 1. The summed E-state index contributed by atoms with van der Waals surface area (Å²) >= 11 is 0. The summed E-state index contributed by atoms with van der Waals surface area (Å²) in [5.74, 6) is 1.89. The zero-order chi connectivity index (χ0) is 20.4. The van der Waals surface area contributed by atoms with E-state index >= 15 is 0 Å². The topological polar surface area (TPSA) is 68.0 Å². The molecule has 0 unspecified atom stereocenters. The summed E-state index contributed by atoms with van der Waals surface area (Å²) < 4.78 is 16.7. The first-order chi connectivity index (χ1) is 14.1. The van der Waals surface area contributed by atoms with Gasteiger partial charge in [-0.1, -0.05) is 29.4 Å².